The number of amides is 1. The molecule has 1 heterocycles. The molecule has 0 bridgehead atoms. The number of rotatable bonds is 6. The van der Waals surface area contributed by atoms with Gasteiger partial charge < -0.3 is 10.0 Å². The highest BCUT2D eigenvalue weighted by Gasteiger charge is 2.30. The molecule has 0 aliphatic carbocycles. The van der Waals surface area contributed by atoms with E-state index >= 15 is 0 Å². The Labute approximate surface area is 139 Å². The van der Waals surface area contributed by atoms with Crippen LogP contribution < -0.4 is 0 Å². The zero-order valence-electron chi connectivity index (χ0n) is 14.5. The second-order valence-corrected chi connectivity index (χ2v) is 6.46. The molecule has 1 saturated heterocycles. The van der Waals surface area contributed by atoms with Crippen molar-refractivity contribution in [2.75, 3.05) is 46.8 Å². The maximum absolute atomic E-state index is 12.9. The lowest BCUT2D eigenvalue weighted by atomic mass is 10.0. The molecule has 0 aromatic heterocycles. The van der Waals surface area contributed by atoms with Gasteiger partial charge in [-0.05, 0) is 26.1 Å². The van der Waals surface area contributed by atoms with Gasteiger partial charge in [-0.2, -0.15) is 0 Å². The van der Waals surface area contributed by atoms with Crippen LogP contribution in [0.2, 0.25) is 0 Å². The molecule has 1 aliphatic rings. The van der Waals surface area contributed by atoms with Crippen LogP contribution in [0, 0.1) is 0 Å². The number of aliphatic hydroxyl groups is 1. The summed E-state index contributed by atoms with van der Waals surface area (Å²) in [6.45, 7) is 5.81. The molecule has 2 rings (SSSR count). The largest absolute Gasteiger partial charge is 0.392 e. The fourth-order valence-electron chi connectivity index (χ4n) is 3.05. The highest BCUT2D eigenvalue weighted by Crippen LogP contribution is 2.21. The predicted molar refractivity (Wildman–Crippen MR) is 92.2 cm³/mol. The van der Waals surface area contributed by atoms with Crippen LogP contribution in [0.3, 0.4) is 0 Å². The molecule has 0 radical (unpaired) electrons. The quantitative estimate of drug-likeness (QED) is 0.856. The van der Waals surface area contributed by atoms with Crippen molar-refractivity contribution in [2.24, 2.45) is 0 Å². The topological polar surface area (TPSA) is 47.0 Å². The van der Waals surface area contributed by atoms with E-state index in [1.165, 1.54) is 0 Å². The third kappa shape index (κ3) is 4.77. The third-order valence-electron chi connectivity index (χ3n) is 4.49. The minimum absolute atomic E-state index is 0.164. The molecule has 0 spiro atoms. The first-order chi connectivity index (χ1) is 11.0. The van der Waals surface area contributed by atoms with Crippen LogP contribution >= 0.6 is 0 Å². The molecular weight excluding hydrogens is 290 g/mol. The van der Waals surface area contributed by atoms with Gasteiger partial charge in [-0.3, -0.25) is 14.6 Å². The molecule has 0 unspecified atom stereocenters. The lowest BCUT2D eigenvalue weighted by molar-refractivity contribution is -0.138. The van der Waals surface area contributed by atoms with Crippen LogP contribution in [0.25, 0.3) is 0 Å². The van der Waals surface area contributed by atoms with E-state index in [0.29, 0.717) is 6.54 Å². The minimum atomic E-state index is -0.268. The summed E-state index contributed by atoms with van der Waals surface area (Å²) in [7, 11) is 3.90. The second-order valence-electron chi connectivity index (χ2n) is 6.46. The zero-order valence-corrected chi connectivity index (χ0v) is 14.5. The number of β-amino-alcohol motifs (C(OH)–C–C–N with tert-alkyl or cyclic N) is 1. The first-order valence-electron chi connectivity index (χ1n) is 8.43. The normalized spacial score (nSPS) is 18.9. The number of nitrogens with zero attached hydrogens (tertiary/aromatic N) is 3. The molecule has 1 aliphatic heterocycles. The number of benzene rings is 1. The molecule has 1 amide bonds. The molecule has 1 N–H and O–H groups in total. The third-order valence-corrected chi connectivity index (χ3v) is 4.49. The molecule has 23 heavy (non-hydrogen) atoms. The lowest BCUT2D eigenvalue weighted by Crippen LogP contribution is -2.52. The van der Waals surface area contributed by atoms with Crippen LogP contribution in [0.1, 0.15) is 24.9 Å². The summed E-state index contributed by atoms with van der Waals surface area (Å²) in [5, 5.41) is 9.77. The van der Waals surface area contributed by atoms with Gasteiger partial charge in [0.15, 0.2) is 0 Å². The molecular formula is C18H29N3O2. The maximum atomic E-state index is 12.9. The van der Waals surface area contributed by atoms with E-state index in [-0.39, 0.29) is 18.1 Å². The average molecular weight is 319 g/mol. The van der Waals surface area contributed by atoms with Gasteiger partial charge in [-0.1, -0.05) is 37.3 Å². The lowest BCUT2D eigenvalue weighted by Gasteiger charge is -2.38. The van der Waals surface area contributed by atoms with Gasteiger partial charge in [0, 0.05) is 32.7 Å². The van der Waals surface area contributed by atoms with Gasteiger partial charge in [0.1, 0.15) is 6.04 Å². The van der Waals surface area contributed by atoms with Crippen LogP contribution in [0.4, 0.5) is 0 Å². The first kappa shape index (κ1) is 17.9. The smallest absolute Gasteiger partial charge is 0.244 e. The Hall–Kier alpha value is -1.43. The van der Waals surface area contributed by atoms with Crippen molar-refractivity contribution < 1.29 is 9.90 Å². The standard InChI is InChI=1S/C18H29N3O2/c1-4-16(22)14-20-10-12-21(13-11-20)18(23)17(19(2)3)15-8-6-5-7-9-15/h5-9,16-17,22H,4,10-14H2,1-3H3/t16-,17+/m0/s1. The van der Waals surface area contributed by atoms with E-state index in [4.69, 9.17) is 0 Å². The van der Waals surface area contributed by atoms with Crippen LogP contribution in [-0.4, -0.2) is 78.6 Å². The number of hydrogen-bond acceptors (Lipinski definition) is 4. The fourth-order valence-corrected chi connectivity index (χ4v) is 3.05. The van der Waals surface area contributed by atoms with Crippen molar-refractivity contribution in [1.29, 1.82) is 0 Å². The monoisotopic (exact) mass is 319 g/mol. The number of aliphatic hydroxyl groups excluding tert-OH is 1. The number of hydrogen-bond donors (Lipinski definition) is 1. The Bertz CT molecular complexity index is 484. The van der Waals surface area contributed by atoms with E-state index < -0.39 is 0 Å². The van der Waals surface area contributed by atoms with Crippen LogP contribution in [-0.2, 0) is 4.79 Å². The Morgan fingerprint density at radius 3 is 2.30 bits per heavy atom. The fraction of sp³-hybridized carbons (Fsp3) is 0.611. The predicted octanol–water partition coefficient (Wildman–Crippen LogP) is 1.20. The molecule has 128 valence electrons. The van der Waals surface area contributed by atoms with Gasteiger partial charge in [-0.25, -0.2) is 0 Å². The number of piperazine rings is 1. The summed E-state index contributed by atoms with van der Waals surface area (Å²) in [6.07, 6.45) is 0.506. The maximum Gasteiger partial charge on any atom is 0.244 e. The summed E-state index contributed by atoms with van der Waals surface area (Å²) in [4.78, 5) is 19.1. The number of carbonyl (C=O) groups excluding carboxylic acids is 1. The van der Waals surface area contributed by atoms with Gasteiger partial charge in [0.25, 0.3) is 0 Å². The zero-order chi connectivity index (χ0) is 16.8. The van der Waals surface area contributed by atoms with Gasteiger partial charge in [0.2, 0.25) is 5.91 Å². The molecule has 1 aromatic rings. The van der Waals surface area contributed by atoms with Gasteiger partial charge in [0.05, 0.1) is 6.10 Å². The van der Waals surface area contributed by atoms with E-state index in [0.717, 1.165) is 38.2 Å². The van der Waals surface area contributed by atoms with Crippen molar-refractivity contribution >= 4 is 5.91 Å². The second kappa shape index (κ2) is 8.43. The van der Waals surface area contributed by atoms with Crippen molar-refractivity contribution in [3.05, 3.63) is 35.9 Å². The Balaban J connectivity index is 1.97. The molecule has 5 nitrogen and oxygen atoms in total. The van der Waals surface area contributed by atoms with Crippen LogP contribution in [0.5, 0.6) is 0 Å². The van der Waals surface area contributed by atoms with Crippen LogP contribution in [0.15, 0.2) is 30.3 Å². The highest BCUT2D eigenvalue weighted by atomic mass is 16.3. The van der Waals surface area contributed by atoms with E-state index in [9.17, 15) is 9.90 Å². The molecule has 1 fully saturated rings. The van der Waals surface area contributed by atoms with E-state index in [1.54, 1.807) is 0 Å². The summed E-state index contributed by atoms with van der Waals surface area (Å²) in [5.41, 5.74) is 1.03. The SMILES string of the molecule is CC[C@H](O)CN1CCN(C(=O)[C@@H](c2ccccc2)N(C)C)CC1. The summed E-state index contributed by atoms with van der Waals surface area (Å²) >= 11 is 0. The first-order valence-corrected chi connectivity index (χ1v) is 8.43. The summed E-state index contributed by atoms with van der Waals surface area (Å²) < 4.78 is 0. The van der Waals surface area contributed by atoms with Crippen molar-refractivity contribution in [3.63, 3.8) is 0 Å². The highest BCUT2D eigenvalue weighted by molar-refractivity contribution is 5.83. The average Bonchev–Trinajstić information content (AvgIpc) is 2.56. The van der Waals surface area contributed by atoms with Gasteiger partial charge in [-0.15, -0.1) is 0 Å². The van der Waals surface area contributed by atoms with Crippen molar-refractivity contribution in [1.82, 2.24) is 14.7 Å². The molecule has 5 heteroatoms. The Kier molecular flexibility index (Phi) is 6.57. The van der Waals surface area contributed by atoms with Crippen molar-refractivity contribution in [3.8, 4) is 0 Å². The summed E-state index contributed by atoms with van der Waals surface area (Å²) in [5.74, 6) is 0.164. The Morgan fingerprint density at radius 2 is 1.78 bits per heavy atom. The Morgan fingerprint density at radius 1 is 1.17 bits per heavy atom. The van der Waals surface area contributed by atoms with E-state index in [1.807, 2.05) is 61.2 Å². The molecule has 0 saturated carbocycles. The minimum Gasteiger partial charge on any atom is -0.392 e. The molecule has 2 atom stereocenters. The van der Waals surface area contributed by atoms with Gasteiger partial charge >= 0.3 is 0 Å². The summed E-state index contributed by atoms with van der Waals surface area (Å²) in [6, 6.07) is 9.71. The molecule has 1 aromatic carbocycles. The van der Waals surface area contributed by atoms with E-state index in [2.05, 4.69) is 4.90 Å². The van der Waals surface area contributed by atoms with Crippen molar-refractivity contribution in [2.45, 2.75) is 25.5 Å². The number of likely N-dealkylation sites (N-methyl/N-ethyl adjacent to an activating group) is 1. The number of carbonyl (C=O) groups is 1.